The monoisotopic (exact) mass is 230 g/mol. The fourth-order valence-corrected chi connectivity index (χ4v) is 1.72. The van der Waals surface area contributed by atoms with Crippen molar-refractivity contribution in [1.29, 1.82) is 0 Å². The molecule has 0 saturated carbocycles. The molecule has 1 heterocycles. The van der Waals surface area contributed by atoms with Gasteiger partial charge in [0.15, 0.2) is 0 Å². The minimum absolute atomic E-state index is 0.293. The van der Waals surface area contributed by atoms with Gasteiger partial charge in [0.05, 0.1) is 5.56 Å². The molecule has 1 aromatic carbocycles. The third-order valence-electron chi connectivity index (χ3n) is 2.77. The first-order valence-electron chi connectivity index (χ1n) is 5.68. The lowest BCUT2D eigenvalue weighted by molar-refractivity contribution is 0.0697. The van der Waals surface area contributed by atoms with Gasteiger partial charge in [-0.1, -0.05) is 11.8 Å². The molecule has 3 nitrogen and oxygen atoms in total. The van der Waals surface area contributed by atoms with Crippen molar-refractivity contribution >= 4 is 5.97 Å². The van der Waals surface area contributed by atoms with E-state index >= 15 is 0 Å². The van der Waals surface area contributed by atoms with Crippen LogP contribution in [0.2, 0.25) is 0 Å². The van der Waals surface area contributed by atoms with E-state index in [0.717, 1.165) is 31.6 Å². The van der Waals surface area contributed by atoms with Crippen molar-refractivity contribution in [2.75, 3.05) is 13.2 Å². The Morgan fingerprint density at radius 3 is 2.47 bits per heavy atom. The van der Waals surface area contributed by atoms with E-state index in [1.165, 1.54) is 0 Å². The van der Waals surface area contributed by atoms with Crippen LogP contribution in [0.3, 0.4) is 0 Å². The number of rotatable bonds is 1. The Hall–Kier alpha value is -1.79. The molecule has 1 fully saturated rings. The number of hydrogen-bond donors (Lipinski definition) is 1. The van der Waals surface area contributed by atoms with E-state index in [0.29, 0.717) is 11.5 Å². The molecule has 1 saturated heterocycles. The predicted octanol–water partition coefficient (Wildman–Crippen LogP) is 2.16. The minimum atomic E-state index is -0.908. The zero-order valence-electron chi connectivity index (χ0n) is 9.48. The summed E-state index contributed by atoms with van der Waals surface area (Å²) in [6, 6.07) is 6.65. The summed E-state index contributed by atoms with van der Waals surface area (Å²) in [5.74, 6) is 5.79. The van der Waals surface area contributed by atoms with E-state index in [-0.39, 0.29) is 0 Å². The van der Waals surface area contributed by atoms with Crippen LogP contribution < -0.4 is 0 Å². The van der Waals surface area contributed by atoms with Crippen molar-refractivity contribution in [3.8, 4) is 11.8 Å². The van der Waals surface area contributed by atoms with E-state index < -0.39 is 5.97 Å². The third kappa shape index (κ3) is 3.33. The van der Waals surface area contributed by atoms with Crippen LogP contribution in [0, 0.1) is 17.8 Å². The van der Waals surface area contributed by atoms with E-state index in [2.05, 4.69) is 11.8 Å². The van der Waals surface area contributed by atoms with Crippen LogP contribution >= 0.6 is 0 Å². The molecule has 1 aliphatic heterocycles. The van der Waals surface area contributed by atoms with Crippen molar-refractivity contribution in [2.24, 2.45) is 5.92 Å². The lowest BCUT2D eigenvalue weighted by atomic mass is 10.0. The molecule has 1 aromatic rings. The maximum atomic E-state index is 10.7. The number of benzene rings is 1. The molecule has 0 atom stereocenters. The third-order valence-corrected chi connectivity index (χ3v) is 2.77. The molecule has 1 aliphatic rings. The van der Waals surface area contributed by atoms with Gasteiger partial charge in [0.2, 0.25) is 0 Å². The molecule has 0 radical (unpaired) electrons. The smallest absolute Gasteiger partial charge is 0.335 e. The number of carbonyl (C=O) groups is 1. The summed E-state index contributed by atoms with van der Waals surface area (Å²) in [7, 11) is 0. The minimum Gasteiger partial charge on any atom is -0.478 e. The fraction of sp³-hybridized carbons (Fsp3) is 0.357. The van der Waals surface area contributed by atoms with Gasteiger partial charge in [-0.15, -0.1) is 0 Å². The van der Waals surface area contributed by atoms with Crippen LogP contribution in [0.4, 0.5) is 0 Å². The van der Waals surface area contributed by atoms with Crippen LogP contribution in [0.1, 0.15) is 28.8 Å². The average Bonchev–Trinajstić information content (AvgIpc) is 2.38. The lowest BCUT2D eigenvalue weighted by Gasteiger charge is -2.16. The second-order valence-corrected chi connectivity index (χ2v) is 4.04. The predicted molar refractivity (Wildman–Crippen MR) is 63.8 cm³/mol. The number of carboxylic acid groups (broad SMARTS) is 1. The highest BCUT2D eigenvalue weighted by atomic mass is 16.5. The van der Waals surface area contributed by atoms with E-state index in [1.807, 2.05) is 0 Å². The summed E-state index contributed by atoms with van der Waals surface area (Å²) in [5, 5.41) is 8.76. The van der Waals surface area contributed by atoms with Crippen molar-refractivity contribution in [3.05, 3.63) is 35.4 Å². The SMILES string of the molecule is O=C(O)c1ccc(C#CC2CCOCC2)cc1. The zero-order chi connectivity index (χ0) is 12.1. The number of carboxylic acids is 1. The molecule has 3 heteroatoms. The van der Waals surface area contributed by atoms with Crippen LogP contribution in [0.25, 0.3) is 0 Å². The first kappa shape index (κ1) is 11.7. The van der Waals surface area contributed by atoms with Gasteiger partial charge in [-0.2, -0.15) is 0 Å². The molecule has 0 aromatic heterocycles. The number of hydrogen-bond acceptors (Lipinski definition) is 2. The van der Waals surface area contributed by atoms with Crippen molar-refractivity contribution in [2.45, 2.75) is 12.8 Å². The van der Waals surface area contributed by atoms with Gasteiger partial charge in [0.25, 0.3) is 0 Å². The van der Waals surface area contributed by atoms with Crippen LogP contribution in [-0.2, 0) is 4.74 Å². The van der Waals surface area contributed by atoms with Gasteiger partial charge in [0, 0.05) is 24.7 Å². The summed E-state index contributed by atoms with van der Waals surface area (Å²) in [6.07, 6.45) is 1.97. The molecule has 1 N–H and O–H groups in total. The fourth-order valence-electron chi connectivity index (χ4n) is 1.72. The molecule has 88 valence electrons. The molecule has 0 spiro atoms. The topological polar surface area (TPSA) is 46.5 Å². The molecule has 0 unspecified atom stereocenters. The molecule has 0 bridgehead atoms. The van der Waals surface area contributed by atoms with Gasteiger partial charge in [0.1, 0.15) is 0 Å². The van der Waals surface area contributed by atoms with Gasteiger partial charge in [-0.05, 0) is 37.1 Å². The zero-order valence-corrected chi connectivity index (χ0v) is 9.48. The normalized spacial score (nSPS) is 16.0. The average molecular weight is 230 g/mol. The summed E-state index contributed by atoms with van der Waals surface area (Å²) >= 11 is 0. The molecule has 2 rings (SSSR count). The van der Waals surface area contributed by atoms with E-state index in [1.54, 1.807) is 24.3 Å². The molecular weight excluding hydrogens is 216 g/mol. The highest BCUT2D eigenvalue weighted by molar-refractivity contribution is 5.87. The lowest BCUT2D eigenvalue weighted by Crippen LogP contribution is -2.13. The second kappa shape index (κ2) is 5.51. The maximum Gasteiger partial charge on any atom is 0.335 e. The molecular formula is C14H14O3. The standard InChI is InChI=1S/C14H14O3/c15-14(16)13-5-3-11(4-6-13)1-2-12-7-9-17-10-8-12/h3-6,12H,7-10H2,(H,15,16). The van der Waals surface area contributed by atoms with Crippen molar-refractivity contribution < 1.29 is 14.6 Å². The largest absolute Gasteiger partial charge is 0.478 e. The Bertz CT molecular complexity index is 445. The maximum absolute atomic E-state index is 10.7. The number of ether oxygens (including phenoxy) is 1. The number of aromatic carboxylic acids is 1. The summed E-state index contributed by atoms with van der Waals surface area (Å²) in [4.78, 5) is 10.7. The summed E-state index contributed by atoms with van der Waals surface area (Å²) < 4.78 is 5.26. The van der Waals surface area contributed by atoms with Crippen molar-refractivity contribution in [1.82, 2.24) is 0 Å². The Labute approximate surface area is 100 Å². The van der Waals surface area contributed by atoms with Gasteiger partial charge < -0.3 is 9.84 Å². The summed E-state index contributed by atoms with van der Waals surface area (Å²) in [6.45, 7) is 1.58. The van der Waals surface area contributed by atoms with Gasteiger partial charge in [-0.3, -0.25) is 0 Å². The molecule has 0 aliphatic carbocycles. The Kier molecular flexibility index (Phi) is 3.79. The molecule has 0 amide bonds. The first-order chi connectivity index (χ1) is 8.25. The van der Waals surface area contributed by atoms with Crippen molar-refractivity contribution in [3.63, 3.8) is 0 Å². The van der Waals surface area contributed by atoms with Gasteiger partial charge >= 0.3 is 5.97 Å². The van der Waals surface area contributed by atoms with Gasteiger partial charge in [-0.25, -0.2) is 4.79 Å². The first-order valence-corrected chi connectivity index (χ1v) is 5.68. The van der Waals surface area contributed by atoms with E-state index in [9.17, 15) is 4.79 Å². The van der Waals surface area contributed by atoms with Crippen LogP contribution in [0.15, 0.2) is 24.3 Å². The van der Waals surface area contributed by atoms with Crippen LogP contribution in [-0.4, -0.2) is 24.3 Å². The van der Waals surface area contributed by atoms with E-state index in [4.69, 9.17) is 9.84 Å². The second-order valence-electron chi connectivity index (χ2n) is 4.04. The molecule has 17 heavy (non-hydrogen) atoms. The highest BCUT2D eigenvalue weighted by Crippen LogP contribution is 2.13. The Morgan fingerprint density at radius 2 is 1.88 bits per heavy atom. The Morgan fingerprint density at radius 1 is 1.24 bits per heavy atom. The van der Waals surface area contributed by atoms with Crippen LogP contribution in [0.5, 0.6) is 0 Å². The highest BCUT2D eigenvalue weighted by Gasteiger charge is 2.10. The quantitative estimate of drug-likeness (QED) is 0.752. The Balaban J connectivity index is 2.03. The summed E-state index contributed by atoms with van der Waals surface area (Å²) in [5.41, 5.74) is 1.16.